The second-order valence-corrected chi connectivity index (χ2v) is 4.63. The zero-order valence-electron chi connectivity index (χ0n) is 9.55. The van der Waals surface area contributed by atoms with E-state index in [4.69, 9.17) is 0 Å². The van der Waals surface area contributed by atoms with Gasteiger partial charge in [-0.2, -0.15) is 5.10 Å². The fourth-order valence-electron chi connectivity index (χ4n) is 2.12. The maximum absolute atomic E-state index is 11.4. The van der Waals surface area contributed by atoms with Gasteiger partial charge in [-0.1, -0.05) is 0 Å². The first-order valence-corrected chi connectivity index (χ1v) is 5.77. The third-order valence-electron chi connectivity index (χ3n) is 3.21. The number of aromatic amines is 1. The van der Waals surface area contributed by atoms with Crippen LogP contribution >= 0.6 is 0 Å². The maximum Gasteiger partial charge on any atom is 0.349 e. The number of aliphatic hydroxyl groups is 1. The molecule has 1 aliphatic rings. The molecular formula is C11H14N4O2. The summed E-state index contributed by atoms with van der Waals surface area (Å²) in [6.45, 7) is 1.76. The van der Waals surface area contributed by atoms with Gasteiger partial charge in [0.15, 0.2) is 5.65 Å². The second-order valence-electron chi connectivity index (χ2n) is 4.63. The molecule has 1 atom stereocenters. The molecule has 0 aromatic carbocycles. The number of H-pyrrole nitrogens is 1. The summed E-state index contributed by atoms with van der Waals surface area (Å²) in [5, 5.41) is 16.2. The van der Waals surface area contributed by atoms with E-state index in [-0.39, 0.29) is 11.8 Å². The quantitative estimate of drug-likeness (QED) is 0.785. The Hall–Kier alpha value is -1.69. The second kappa shape index (κ2) is 3.66. The smallest absolute Gasteiger partial charge is 0.349 e. The first-order chi connectivity index (χ1) is 8.15. The van der Waals surface area contributed by atoms with Crippen molar-refractivity contribution in [3.8, 4) is 0 Å². The number of nitrogens with zero attached hydrogens (tertiary/aromatic N) is 3. The van der Waals surface area contributed by atoms with Gasteiger partial charge in [-0.25, -0.2) is 19.3 Å². The molecule has 0 bridgehead atoms. The van der Waals surface area contributed by atoms with Crippen molar-refractivity contribution in [3.63, 3.8) is 0 Å². The molecule has 0 amide bonds. The van der Waals surface area contributed by atoms with E-state index in [9.17, 15) is 9.90 Å². The molecule has 1 unspecified atom stereocenters. The molecule has 6 nitrogen and oxygen atoms in total. The van der Waals surface area contributed by atoms with E-state index in [1.807, 2.05) is 0 Å². The number of nitrogens with one attached hydrogen (secondary N) is 1. The standard InChI is InChI=1S/C11H14N4O2/c1-6-12-8(4-9(16)7-2-3-7)5-10-13-14-11(17)15(6)10/h5,7,9,16H,2-4H2,1H3,(H,14,17). The van der Waals surface area contributed by atoms with Crippen molar-refractivity contribution in [2.75, 3.05) is 0 Å². The van der Waals surface area contributed by atoms with Gasteiger partial charge in [-0.3, -0.25) is 0 Å². The molecular weight excluding hydrogens is 220 g/mol. The molecule has 1 aliphatic carbocycles. The van der Waals surface area contributed by atoms with Crippen LogP contribution in [-0.2, 0) is 6.42 Å². The highest BCUT2D eigenvalue weighted by Gasteiger charge is 2.30. The first-order valence-electron chi connectivity index (χ1n) is 5.77. The van der Waals surface area contributed by atoms with Crippen LogP contribution in [0.1, 0.15) is 24.4 Å². The largest absolute Gasteiger partial charge is 0.392 e. The molecule has 0 spiro atoms. The number of hydrogen-bond donors (Lipinski definition) is 2. The zero-order valence-corrected chi connectivity index (χ0v) is 9.55. The maximum atomic E-state index is 11.4. The third-order valence-corrected chi connectivity index (χ3v) is 3.21. The molecule has 1 fully saturated rings. The van der Waals surface area contributed by atoms with Crippen molar-refractivity contribution in [1.82, 2.24) is 19.6 Å². The minimum absolute atomic E-state index is 0.278. The molecule has 3 rings (SSSR count). The Morgan fingerprint density at radius 2 is 2.41 bits per heavy atom. The van der Waals surface area contributed by atoms with Crippen molar-refractivity contribution in [2.24, 2.45) is 5.92 Å². The van der Waals surface area contributed by atoms with Crippen LogP contribution in [0.2, 0.25) is 0 Å². The number of aliphatic hydroxyl groups excluding tert-OH is 1. The lowest BCUT2D eigenvalue weighted by Gasteiger charge is -2.09. The van der Waals surface area contributed by atoms with Crippen molar-refractivity contribution in [3.05, 3.63) is 28.1 Å². The van der Waals surface area contributed by atoms with Gasteiger partial charge >= 0.3 is 5.69 Å². The van der Waals surface area contributed by atoms with Crippen LogP contribution in [0.4, 0.5) is 0 Å². The van der Waals surface area contributed by atoms with E-state index in [1.165, 1.54) is 4.40 Å². The van der Waals surface area contributed by atoms with Crippen LogP contribution in [-0.4, -0.2) is 30.8 Å². The Kier molecular flexibility index (Phi) is 2.25. The molecule has 0 aliphatic heterocycles. The molecule has 2 aromatic rings. The van der Waals surface area contributed by atoms with Gasteiger partial charge < -0.3 is 5.11 Å². The summed E-state index contributed by atoms with van der Waals surface area (Å²) in [7, 11) is 0. The van der Waals surface area contributed by atoms with Crippen LogP contribution < -0.4 is 5.69 Å². The monoisotopic (exact) mass is 234 g/mol. The molecule has 1 saturated carbocycles. The summed E-state index contributed by atoms with van der Waals surface area (Å²) >= 11 is 0. The minimum Gasteiger partial charge on any atom is -0.392 e. The van der Waals surface area contributed by atoms with E-state index in [0.717, 1.165) is 18.5 Å². The molecule has 90 valence electrons. The van der Waals surface area contributed by atoms with Crippen molar-refractivity contribution < 1.29 is 5.11 Å². The molecule has 0 radical (unpaired) electrons. The number of aryl methyl sites for hydroxylation is 1. The molecule has 0 saturated heterocycles. The normalized spacial score (nSPS) is 17.5. The van der Waals surface area contributed by atoms with Gasteiger partial charge in [0.25, 0.3) is 0 Å². The summed E-state index contributed by atoms with van der Waals surface area (Å²) in [4.78, 5) is 15.7. The lowest BCUT2D eigenvalue weighted by molar-refractivity contribution is 0.150. The Bertz CT molecular complexity index is 611. The van der Waals surface area contributed by atoms with Crippen LogP contribution in [0.5, 0.6) is 0 Å². The predicted octanol–water partition coefficient (Wildman–Crippen LogP) is 0.0394. The first kappa shape index (κ1) is 10.5. The Labute approximate surface area is 97.3 Å². The summed E-state index contributed by atoms with van der Waals surface area (Å²) in [5.41, 5.74) is 1.06. The lowest BCUT2D eigenvalue weighted by atomic mass is 10.1. The molecule has 6 heteroatoms. The number of rotatable bonds is 3. The zero-order chi connectivity index (χ0) is 12.0. The Balaban J connectivity index is 1.97. The fraction of sp³-hybridized carbons (Fsp3) is 0.545. The van der Waals surface area contributed by atoms with Crippen LogP contribution in [0, 0.1) is 12.8 Å². The average molecular weight is 234 g/mol. The highest BCUT2D eigenvalue weighted by molar-refractivity contribution is 5.38. The van der Waals surface area contributed by atoms with Crippen molar-refractivity contribution in [1.29, 1.82) is 0 Å². The van der Waals surface area contributed by atoms with Crippen LogP contribution in [0.15, 0.2) is 10.9 Å². The van der Waals surface area contributed by atoms with Gasteiger partial charge in [-0.15, -0.1) is 0 Å². The summed E-state index contributed by atoms with van der Waals surface area (Å²) in [6.07, 6.45) is 2.41. The van der Waals surface area contributed by atoms with E-state index < -0.39 is 0 Å². The summed E-state index contributed by atoms with van der Waals surface area (Å²) in [6, 6.07) is 1.75. The molecule has 17 heavy (non-hydrogen) atoms. The SMILES string of the molecule is Cc1nc(CC(O)C2CC2)cc2n[nH]c(=O)n12. The Morgan fingerprint density at radius 1 is 1.65 bits per heavy atom. The topological polar surface area (TPSA) is 83.3 Å². The lowest BCUT2D eigenvalue weighted by Crippen LogP contribution is -2.17. The van der Waals surface area contributed by atoms with Gasteiger partial charge in [0.2, 0.25) is 0 Å². The van der Waals surface area contributed by atoms with Gasteiger partial charge in [0.1, 0.15) is 5.82 Å². The number of hydrogen-bond acceptors (Lipinski definition) is 4. The van der Waals surface area contributed by atoms with E-state index in [2.05, 4.69) is 15.2 Å². The van der Waals surface area contributed by atoms with Crippen molar-refractivity contribution >= 4 is 5.65 Å². The minimum atomic E-state index is -0.324. The van der Waals surface area contributed by atoms with Gasteiger partial charge in [0.05, 0.1) is 6.10 Å². The van der Waals surface area contributed by atoms with Crippen LogP contribution in [0.3, 0.4) is 0 Å². The molecule has 2 aromatic heterocycles. The highest BCUT2D eigenvalue weighted by Crippen LogP contribution is 2.33. The van der Waals surface area contributed by atoms with E-state index >= 15 is 0 Å². The average Bonchev–Trinajstić information content (AvgIpc) is 3.04. The number of fused-ring (bicyclic) bond motifs is 1. The van der Waals surface area contributed by atoms with Gasteiger partial charge in [-0.05, 0) is 25.7 Å². The molecule has 2 N–H and O–H groups in total. The summed E-state index contributed by atoms with van der Waals surface area (Å²) in [5.74, 6) is 1.02. The predicted molar refractivity (Wildman–Crippen MR) is 60.8 cm³/mol. The molecule has 2 heterocycles. The summed E-state index contributed by atoms with van der Waals surface area (Å²) < 4.78 is 1.42. The van der Waals surface area contributed by atoms with Gasteiger partial charge in [0, 0.05) is 18.2 Å². The van der Waals surface area contributed by atoms with E-state index in [1.54, 1.807) is 13.0 Å². The Morgan fingerprint density at radius 3 is 3.12 bits per heavy atom. The van der Waals surface area contributed by atoms with E-state index in [0.29, 0.717) is 23.8 Å². The van der Waals surface area contributed by atoms with Crippen LogP contribution in [0.25, 0.3) is 5.65 Å². The third kappa shape index (κ3) is 1.84. The fourth-order valence-corrected chi connectivity index (χ4v) is 2.12. The number of aromatic nitrogens is 4. The highest BCUT2D eigenvalue weighted by atomic mass is 16.3. The van der Waals surface area contributed by atoms with Crippen molar-refractivity contribution in [2.45, 2.75) is 32.3 Å².